The van der Waals surface area contributed by atoms with Crippen LogP contribution in [0.3, 0.4) is 0 Å². The summed E-state index contributed by atoms with van der Waals surface area (Å²) < 4.78 is 5.18. The summed E-state index contributed by atoms with van der Waals surface area (Å²) >= 11 is 0. The largest absolute Gasteiger partial charge is 0.350 e. The molecule has 1 aromatic heterocycles. The maximum Gasteiger partial charge on any atom is 0.290 e. The van der Waals surface area contributed by atoms with Gasteiger partial charge in [0, 0.05) is 23.7 Å². The summed E-state index contributed by atoms with van der Waals surface area (Å²) in [6.45, 7) is 3.09. The summed E-state index contributed by atoms with van der Waals surface area (Å²) in [5, 5.41) is 10.3. The molecule has 2 atom stereocenters. The Morgan fingerprint density at radius 3 is 2.95 bits per heavy atom. The molecular formula is C16H19N3O2. The van der Waals surface area contributed by atoms with Crippen molar-refractivity contribution >= 4 is 5.91 Å². The molecule has 2 heterocycles. The molecule has 1 amide bonds. The van der Waals surface area contributed by atoms with E-state index in [0.717, 1.165) is 24.9 Å². The molecule has 0 spiro atoms. The van der Waals surface area contributed by atoms with Crippen LogP contribution in [0.4, 0.5) is 0 Å². The van der Waals surface area contributed by atoms with Crippen LogP contribution < -0.4 is 10.6 Å². The molecule has 1 fully saturated rings. The van der Waals surface area contributed by atoms with Crippen LogP contribution in [-0.4, -0.2) is 29.7 Å². The maximum absolute atomic E-state index is 12.2. The average Bonchev–Trinajstić information content (AvgIpc) is 3.00. The normalized spacial score (nSPS) is 22.0. The van der Waals surface area contributed by atoms with E-state index in [1.807, 2.05) is 30.3 Å². The molecule has 2 N–H and O–H groups in total. The van der Waals surface area contributed by atoms with Gasteiger partial charge in [-0.3, -0.25) is 4.79 Å². The van der Waals surface area contributed by atoms with E-state index in [1.165, 1.54) is 0 Å². The van der Waals surface area contributed by atoms with Gasteiger partial charge in [-0.1, -0.05) is 35.5 Å². The number of carbonyl (C=O) groups is 1. The minimum atomic E-state index is -0.203. The van der Waals surface area contributed by atoms with Crippen LogP contribution in [0.25, 0.3) is 11.3 Å². The predicted molar refractivity (Wildman–Crippen MR) is 79.9 cm³/mol. The van der Waals surface area contributed by atoms with Crippen LogP contribution in [0.1, 0.15) is 30.3 Å². The van der Waals surface area contributed by atoms with Crippen LogP contribution in [0.15, 0.2) is 40.9 Å². The standard InChI is InChI=1S/C16H19N3O2/c1-11-13(8-5-9-17-11)18-16(20)15-10-14(19-21-15)12-6-3-2-4-7-12/h2-4,6-7,10-11,13,17H,5,8-9H2,1H3,(H,18,20). The minimum absolute atomic E-state index is 0.136. The van der Waals surface area contributed by atoms with Crippen molar-refractivity contribution in [3.63, 3.8) is 0 Å². The second-order valence-corrected chi connectivity index (χ2v) is 5.41. The zero-order valence-electron chi connectivity index (χ0n) is 12.0. The smallest absolute Gasteiger partial charge is 0.290 e. The van der Waals surface area contributed by atoms with Gasteiger partial charge in [0.1, 0.15) is 5.69 Å². The molecule has 0 bridgehead atoms. The number of rotatable bonds is 3. The number of amides is 1. The lowest BCUT2D eigenvalue weighted by molar-refractivity contribution is 0.0882. The molecule has 5 nitrogen and oxygen atoms in total. The van der Waals surface area contributed by atoms with E-state index in [1.54, 1.807) is 6.07 Å². The van der Waals surface area contributed by atoms with Crippen molar-refractivity contribution in [3.05, 3.63) is 42.2 Å². The SMILES string of the molecule is CC1NCCCC1NC(=O)c1cc(-c2ccccc2)no1. The van der Waals surface area contributed by atoms with E-state index in [-0.39, 0.29) is 23.8 Å². The number of nitrogens with one attached hydrogen (secondary N) is 2. The number of hydrogen-bond acceptors (Lipinski definition) is 4. The molecule has 0 saturated carbocycles. The van der Waals surface area contributed by atoms with Crippen molar-refractivity contribution in [1.82, 2.24) is 15.8 Å². The van der Waals surface area contributed by atoms with Gasteiger partial charge < -0.3 is 15.2 Å². The van der Waals surface area contributed by atoms with Crippen LogP contribution in [-0.2, 0) is 0 Å². The highest BCUT2D eigenvalue weighted by Crippen LogP contribution is 2.19. The van der Waals surface area contributed by atoms with Crippen LogP contribution in [0, 0.1) is 0 Å². The van der Waals surface area contributed by atoms with Crippen LogP contribution >= 0.6 is 0 Å². The first-order chi connectivity index (χ1) is 10.2. The van der Waals surface area contributed by atoms with E-state index in [9.17, 15) is 4.79 Å². The number of hydrogen-bond donors (Lipinski definition) is 2. The Kier molecular flexibility index (Phi) is 4.01. The molecule has 3 rings (SSSR count). The van der Waals surface area contributed by atoms with E-state index in [4.69, 9.17) is 4.52 Å². The first-order valence-electron chi connectivity index (χ1n) is 7.30. The van der Waals surface area contributed by atoms with Gasteiger partial charge in [-0.2, -0.15) is 0 Å². The average molecular weight is 285 g/mol. The minimum Gasteiger partial charge on any atom is -0.350 e. The van der Waals surface area contributed by atoms with Gasteiger partial charge in [0.2, 0.25) is 5.76 Å². The van der Waals surface area contributed by atoms with Crippen molar-refractivity contribution in [3.8, 4) is 11.3 Å². The number of aromatic nitrogens is 1. The molecule has 110 valence electrons. The van der Waals surface area contributed by atoms with E-state index >= 15 is 0 Å². The summed E-state index contributed by atoms with van der Waals surface area (Å²) in [6, 6.07) is 11.8. The zero-order chi connectivity index (χ0) is 14.7. The molecule has 0 radical (unpaired) electrons. The quantitative estimate of drug-likeness (QED) is 0.907. The first kappa shape index (κ1) is 13.8. The molecule has 0 aliphatic carbocycles. The van der Waals surface area contributed by atoms with Gasteiger partial charge in [-0.15, -0.1) is 0 Å². The number of nitrogens with zero attached hydrogens (tertiary/aromatic N) is 1. The summed E-state index contributed by atoms with van der Waals surface area (Å²) in [6.07, 6.45) is 2.06. The summed E-state index contributed by atoms with van der Waals surface area (Å²) in [5.41, 5.74) is 1.61. The highest BCUT2D eigenvalue weighted by atomic mass is 16.5. The Hall–Kier alpha value is -2.14. The molecular weight excluding hydrogens is 266 g/mol. The lowest BCUT2D eigenvalue weighted by atomic mass is 10.00. The zero-order valence-corrected chi connectivity index (χ0v) is 12.0. The number of piperidine rings is 1. The lowest BCUT2D eigenvalue weighted by Gasteiger charge is -2.30. The molecule has 21 heavy (non-hydrogen) atoms. The van der Waals surface area contributed by atoms with Gasteiger partial charge >= 0.3 is 0 Å². The molecule has 5 heteroatoms. The van der Waals surface area contributed by atoms with Crippen molar-refractivity contribution in [1.29, 1.82) is 0 Å². The van der Waals surface area contributed by atoms with Crippen LogP contribution in [0.2, 0.25) is 0 Å². The summed E-state index contributed by atoms with van der Waals surface area (Å²) in [7, 11) is 0. The Labute approximate surface area is 123 Å². The Morgan fingerprint density at radius 1 is 1.38 bits per heavy atom. The lowest BCUT2D eigenvalue weighted by Crippen LogP contribution is -2.51. The molecule has 2 aromatic rings. The third-order valence-electron chi connectivity index (χ3n) is 3.88. The molecule has 1 aliphatic heterocycles. The second-order valence-electron chi connectivity index (χ2n) is 5.41. The Balaban J connectivity index is 1.69. The third-order valence-corrected chi connectivity index (χ3v) is 3.88. The van der Waals surface area contributed by atoms with E-state index in [0.29, 0.717) is 5.69 Å². The summed E-state index contributed by atoms with van der Waals surface area (Å²) in [4.78, 5) is 12.2. The van der Waals surface area contributed by atoms with Crippen LogP contribution in [0.5, 0.6) is 0 Å². The van der Waals surface area contributed by atoms with Gasteiger partial charge in [0.25, 0.3) is 5.91 Å². The number of benzene rings is 1. The first-order valence-corrected chi connectivity index (χ1v) is 7.30. The Morgan fingerprint density at radius 2 is 2.19 bits per heavy atom. The fraction of sp³-hybridized carbons (Fsp3) is 0.375. The van der Waals surface area contributed by atoms with Gasteiger partial charge in [-0.05, 0) is 26.3 Å². The molecule has 1 aromatic carbocycles. The second kappa shape index (κ2) is 6.10. The molecule has 1 aliphatic rings. The van der Waals surface area contributed by atoms with Crippen molar-refractivity contribution in [2.75, 3.05) is 6.54 Å². The van der Waals surface area contributed by atoms with Gasteiger partial charge in [0.05, 0.1) is 0 Å². The number of carbonyl (C=O) groups excluding carboxylic acids is 1. The highest BCUT2D eigenvalue weighted by Gasteiger charge is 2.24. The Bertz CT molecular complexity index is 609. The predicted octanol–water partition coefficient (Wildman–Crippen LogP) is 2.21. The topological polar surface area (TPSA) is 67.2 Å². The fourth-order valence-corrected chi connectivity index (χ4v) is 2.61. The van der Waals surface area contributed by atoms with Crippen molar-refractivity contribution in [2.24, 2.45) is 0 Å². The monoisotopic (exact) mass is 285 g/mol. The molecule has 1 saturated heterocycles. The third kappa shape index (κ3) is 3.13. The maximum atomic E-state index is 12.2. The summed E-state index contributed by atoms with van der Waals surface area (Å²) in [5.74, 6) is 0.0526. The van der Waals surface area contributed by atoms with Crippen molar-refractivity contribution in [2.45, 2.75) is 31.8 Å². The van der Waals surface area contributed by atoms with Gasteiger partial charge in [-0.25, -0.2) is 0 Å². The van der Waals surface area contributed by atoms with E-state index in [2.05, 4.69) is 22.7 Å². The fourth-order valence-electron chi connectivity index (χ4n) is 2.61. The van der Waals surface area contributed by atoms with Crippen molar-refractivity contribution < 1.29 is 9.32 Å². The highest BCUT2D eigenvalue weighted by molar-refractivity contribution is 5.92. The molecule has 2 unspecified atom stereocenters. The van der Waals surface area contributed by atoms with Gasteiger partial charge in [0.15, 0.2) is 0 Å². The van der Waals surface area contributed by atoms with E-state index < -0.39 is 0 Å².